The summed E-state index contributed by atoms with van der Waals surface area (Å²) in [4.78, 5) is 4.69. The summed E-state index contributed by atoms with van der Waals surface area (Å²) < 4.78 is 5.49. The number of ether oxygens (including phenoxy) is 1. The zero-order valence-corrected chi connectivity index (χ0v) is 11.8. The minimum atomic E-state index is 0.535. The minimum Gasteiger partial charge on any atom is -0.381 e. The fourth-order valence-electron chi connectivity index (χ4n) is 3.06. The number of fused-ring (bicyclic) bond motifs is 1. The van der Waals surface area contributed by atoms with Gasteiger partial charge in [-0.15, -0.1) is 0 Å². The van der Waals surface area contributed by atoms with E-state index in [4.69, 9.17) is 9.72 Å². The van der Waals surface area contributed by atoms with Crippen LogP contribution in [0.4, 0.5) is 5.82 Å². The molecule has 1 aromatic heterocycles. The molecule has 0 saturated carbocycles. The van der Waals surface area contributed by atoms with Gasteiger partial charge in [0.2, 0.25) is 0 Å². The molecule has 0 aromatic carbocycles. The highest BCUT2D eigenvalue weighted by Gasteiger charge is 2.17. The molecule has 1 saturated heterocycles. The average molecular weight is 271 g/mol. The first-order valence-electron chi connectivity index (χ1n) is 7.61. The molecule has 1 fully saturated rings. The van der Waals surface area contributed by atoms with Gasteiger partial charge in [-0.05, 0) is 56.1 Å². The Morgan fingerprint density at radius 3 is 3.05 bits per heavy atom. The van der Waals surface area contributed by atoms with Gasteiger partial charge in [-0.3, -0.25) is 0 Å². The predicted molar refractivity (Wildman–Crippen MR) is 77.6 cm³/mol. The summed E-state index contributed by atoms with van der Waals surface area (Å²) in [6.07, 6.45) is 6.86. The molecule has 1 atom stereocenters. The summed E-state index contributed by atoms with van der Waals surface area (Å²) in [5.74, 6) is 1.30. The molecule has 0 bridgehead atoms. The van der Waals surface area contributed by atoms with Crippen LogP contribution in [0.3, 0.4) is 0 Å². The number of nitriles is 1. The molecule has 2 heterocycles. The average Bonchev–Trinajstić information content (AvgIpc) is 2.53. The minimum absolute atomic E-state index is 0.535. The Labute approximate surface area is 120 Å². The summed E-state index contributed by atoms with van der Waals surface area (Å²) in [5.41, 5.74) is 3.12. The van der Waals surface area contributed by atoms with E-state index >= 15 is 0 Å². The molecular formula is C16H21N3O. The SMILES string of the molecule is N#Cc1cc2c(nc1NCC1CCCOC1)CCCC2. The molecular weight excluding hydrogens is 250 g/mol. The number of rotatable bonds is 3. The molecule has 4 heteroatoms. The van der Waals surface area contributed by atoms with Gasteiger partial charge in [0.25, 0.3) is 0 Å². The van der Waals surface area contributed by atoms with Crippen LogP contribution in [0.25, 0.3) is 0 Å². The van der Waals surface area contributed by atoms with Crippen molar-refractivity contribution in [3.8, 4) is 6.07 Å². The lowest BCUT2D eigenvalue weighted by atomic mass is 9.95. The zero-order chi connectivity index (χ0) is 13.8. The lowest BCUT2D eigenvalue weighted by Crippen LogP contribution is -2.25. The van der Waals surface area contributed by atoms with Crippen LogP contribution in [0, 0.1) is 17.2 Å². The fraction of sp³-hybridized carbons (Fsp3) is 0.625. The van der Waals surface area contributed by atoms with E-state index < -0.39 is 0 Å². The monoisotopic (exact) mass is 271 g/mol. The quantitative estimate of drug-likeness (QED) is 0.918. The van der Waals surface area contributed by atoms with Gasteiger partial charge < -0.3 is 10.1 Å². The van der Waals surface area contributed by atoms with Crippen molar-refractivity contribution in [2.75, 3.05) is 25.1 Å². The van der Waals surface area contributed by atoms with Crippen molar-refractivity contribution >= 4 is 5.82 Å². The molecule has 4 nitrogen and oxygen atoms in total. The van der Waals surface area contributed by atoms with Crippen LogP contribution in [0.1, 0.15) is 42.5 Å². The molecule has 1 aliphatic heterocycles. The van der Waals surface area contributed by atoms with Gasteiger partial charge in [0.05, 0.1) is 12.2 Å². The van der Waals surface area contributed by atoms with Crippen LogP contribution in [0.15, 0.2) is 6.07 Å². The molecule has 0 radical (unpaired) electrons. The Kier molecular flexibility index (Phi) is 4.17. The lowest BCUT2D eigenvalue weighted by Gasteiger charge is -2.23. The van der Waals surface area contributed by atoms with E-state index in [1.54, 1.807) is 0 Å². The van der Waals surface area contributed by atoms with Gasteiger partial charge >= 0.3 is 0 Å². The van der Waals surface area contributed by atoms with Crippen molar-refractivity contribution in [3.63, 3.8) is 0 Å². The van der Waals surface area contributed by atoms with E-state index in [1.165, 1.54) is 30.5 Å². The highest BCUT2D eigenvalue weighted by molar-refractivity contribution is 5.54. The van der Waals surface area contributed by atoms with E-state index in [9.17, 15) is 5.26 Å². The highest BCUT2D eigenvalue weighted by atomic mass is 16.5. The molecule has 0 amide bonds. The topological polar surface area (TPSA) is 57.9 Å². The first-order chi connectivity index (χ1) is 9.86. The first-order valence-corrected chi connectivity index (χ1v) is 7.61. The van der Waals surface area contributed by atoms with Crippen molar-refractivity contribution in [2.24, 2.45) is 5.92 Å². The number of nitrogens with one attached hydrogen (secondary N) is 1. The van der Waals surface area contributed by atoms with Gasteiger partial charge in [0.1, 0.15) is 11.9 Å². The second kappa shape index (κ2) is 6.23. The largest absolute Gasteiger partial charge is 0.381 e. The van der Waals surface area contributed by atoms with E-state index in [-0.39, 0.29) is 0 Å². The standard InChI is InChI=1S/C16H21N3O/c17-9-14-8-13-5-1-2-6-15(13)19-16(14)18-10-12-4-3-7-20-11-12/h8,12H,1-7,10-11H2,(H,18,19). The van der Waals surface area contributed by atoms with Gasteiger partial charge in [-0.25, -0.2) is 4.98 Å². The van der Waals surface area contributed by atoms with E-state index in [2.05, 4.69) is 11.4 Å². The summed E-state index contributed by atoms with van der Waals surface area (Å²) in [5, 5.41) is 12.7. The molecule has 3 rings (SSSR count). The highest BCUT2D eigenvalue weighted by Crippen LogP contribution is 2.25. The lowest BCUT2D eigenvalue weighted by molar-refractivity contribution is 0.0595. The van der Waals surface area contributed by atoms with Crippen LogP contribution in [-0.4, -0.2) is 24.7 Å². The van der Waals surface area contributed by atoms with Crippen molar-refractivity contribution in [1.29, 1.82) is 5.26 Å². The van der Waals surface area contributed by atoms with Gasteiger partial charge in [0, 0.05) is 18.8 Å². The third-order valence-electron chi connectivity index (χ3n) is 4.23. The van der Waals surface area contributed by atoms with E-state index in [0.29, 0.717) is 11.5 Å². The number of aromatic nitrogens is 1. The zero-order valence-electron chi connectivity index (χ0n) is 11.8. The number of aryl methyl sites for hydroxylation is 2. The van der Waals surface area contributed by atoms with E-state index in [1.807, 2.05) is 6.07 Å². The number of hydrogen-bond acceptors (Lipinski definition) is 4. The maximum atomic E-state index is 9.30. The van der Waals surface area contributed by atoms with Crippen LogP contribution < -0.4 is 5.32 Å². The Hall–Kier alpha value is -1.60. The van der Waals surface area contributed by atoms with Crippen molar-refractivity contribution in [1.82, 2.24) is 4.98 Å². The van der Waals surface area contributed by atoms with Crippen molar-refractivity contribution < 1.29 is 4.74 Å². The number of nitrogens with zero attached hydrogens (tertiary/aromatic N) is 2. The third-order valence-corrected chi connectivity index (χ3v) is 4.23. The summed E-state index contributed by atoms with van der Waals surface area (Å²) in [7, 11) is 0. The second-order valence-electron chi connectivity index (χ2n) is 5.77. The Morgan fingerprint density at radius 2 is 2.25 bits per heavy atom. The molecule has 1 unspecified atom stereocenters. The number of anilines is 1. The van der Waals surface area contributed by atoms with Gasteiger partial charge in [0.15, 0.2) is 0 Å². The number of hydrogen-bond donors (Lipinski definition) is 1. The van der Waals surface area contributed by atoms with Crippen LogP contribution in [-0.2, 0) is 17.6 Å². The van der Waals surface area contributed by atoms with Gasteiger partial charge in [-0.2, -0.15) is 5.26 Å². The third kappa shape index (κ3) is 2.94. The fourth-order valence-corrected chi connectivity index (χ4v) is 3.06. The summed E-state index contributed by atoms with van der Waals surface area (Å²) >= 11 is 0. The Morgan fingerprint density at radius 1 is 1.35 bits per heavy atom. The van der Waals surface area contributed by atoms with Crippen LogP contribution in [0.5, 0.6) is 0 Å². The number of pyridine rings is 1. The molecule has 2 aliphatic rings. The normalized spacial score (nSPS) is 21.9. The molecule has 20 heavy (non-hydrogen) atoms. The van der Waals surface area contributed by atoms with Crippen LogP contribution >= 0.6 is 0 Å². The molecule has 1 aliphatic carbocycles. The second-order valence-corrected chi connectivity index (χ2v) is 5.77. The molecule has 0 spiro atoms. The predicted octanol–water partition coefficient (Wildman–Crippen LogP) is 2.67. The summed E-state index contributed by atoms with van der Waals surface area (Å²) in [6.45, 7) is 2.55. The molecule has 1 N–H and O–H groups in total. The Bertz CT molecular complexity index is 515. The first kappa shape index (κ1) is 13.4. The van der Waals surface area contributed by atoms with Crippen LogP contribution in [0.2, 0.25) is 0 Å². The maximum absolute atomic E-state index is 9.30. The Balaban J connectivity index is 1.72. The van der Waals surface area contributed by atoms with Crippen molar-refractivity contribution in [2.45, 2.75) is 38.5 Å². The molecule has 1 aromatic rings. The summed E-state index contributed by atoms with van der Waals surface area (Å²) in [6, 6.07) is 4.31. The van der Waals surface area contributed by atoms with Gasteiger partial charge in [-0.1, -0.05) is 0 Å². The maximum Gasteiger partial charge on any atom is 0.144 e. The van der Waals surface area contributed by atoms with Crippen molar-refractivity contribution in [3.05, 3.63) is 22.9 Å². The van der Waals surface area contributed by atoms with E-state index in [0.717, 1.165) is 44.8 Å². The molecule has 106 valence electrons. The smallest absolute Gasteiger partial charge is 0.144 e.